The second kappa shape index (κ2) is 11.6. The average Bonchev–Trinajstić information content (AvgIpc) is 3.61. The summed E-state index contributed by atoms with van der Waals surface area (Å²) in [5.74, 6) is -1.53. The number of anilines is 1. The number of hydrogen-bond acceptors (Lipinski definition) is 8. The largest absolute Gasteiger partial charge is 0.463 e. The van der Waals surface area contributed by atoms with E-state index in [-0.39, 0.29) is 31.7 Å². The van der Waals surface area contributed by atoms with Crippen LogP contribution in [-0.4, -0.2) is 66.1 Å². The number of nitrogens with one attached hydrogen (secondary N) is 1. The van der Waals surface area contributed by atoms with Crippen LogP contribution in [0, 0.1) is 25.6 Å². The Morgan fingerprint density at radius 2 is 2.02 bits per heavy atom. The number of aromatic nitrogens is 1. The monoisotopic (exact) mass is 605 g/mol. The van der Waals surface area contributed by atoms with Gasteiger partial charge in [0.15, 0.2) is 16.5 Å². The van der Waals surface area contributed by atoms with Crippen LogP contribution in [0.5, 0.6) is 0 Å². The summed E-state index contributed by atoms with van der Waals surface area (Å²) in [5.41, 5.74) is 1.49. The van der Waals surface area contributed by atoms with Crippen molar-refractivity contribution in [1.82, 2.24) is 15.2 Å². The Hall–Kier alpha value is -3.96. The highest BCUT2D eigenvalue weighted by molar-refractivity contribution is 7.11. The summed E-state index contributed by atoms with van der Waals surface area (Å²) in [7, 11) is 0. The van der Waals surface area contributed by atoms with Crippen molar-refractivity contribution in [3.8, 4) is 0 Å². The first kappa shape index (κ1) is 29.1. The van der Waals surface area contributed by atoms with Crippen molar-refractivity contribution in [3.05, 3.63) is 92.8 Å². The average molecular weight is 606 g/mol. The van der Waals surface area contributed by atoms with Crippen LogP contribution in [-0.2, 0) is 14.3 Å². The number of amidine groups is 1. The molecule has 3 aromatic rings. The van der Waals surface area contributed by atoms with Crippen LogP contribution in [0.2, 0.25) is 0 Å². The lowest BCUT2D eigenvalue weighted by molar-refractivity contribution is -0.139. The van der Waals surface area contributed by atoms with E-state index in [4.69, 9.17) is 9.73 Å². The summed E-state index contributed by atoms with van der Waals surface area (Å²) in [5, 5.41) is 5.76. The number of benzene rings is 2. The summed E-state index contributed by atoms with van der Waals surface area (Å²) in [6, 6.07) is 11.4. The molecule has 1 amide bonds. The van der Waals surface area contributed by atoms with Gasteiger partial charge in [-0.2, -0.15) is 0 Å². The third kappa shape index (κ3) is 5.36. The van der Waals surface area contributed by atoms with E-state index in [0.717, 1.165) is 5.56 Å². The van der Waals surface area contributed by atoms with E-state index in [9.17, 15) is 14.0 Å². The topological polar surface area (TPSA) is 87.1 Å². The normalized spacial score (nSPS) is 24.1. The Kier molecular flexibility index (Phi) is 7.87. The highest BCUT2D eigenvalue weighted by Gasteiger charge is 2.57. The van der Waals surface area contributed by atoms with Crippen LogP contribution >= 0.6 is 11.3 Å². The first-order valence-corrected chi connectivity index (χ1v) is 15.3. The molecule has 8 nitrogen and oxygen atoms in total. The number of likely N-dealkylation sites (tertiary alicyclic amines) is 1. The second-order valence-corrected chi connectivity index (χ2v) is 12.1. The quantitative estimate of drug-likeness (QED) is 0.387. The summed E-state index contributed by atoms with van der Waals surface area (Å²) in [6.07, 6.45) is 1.71. The smallest absolute Gasteiger partial charge is 0.338 e. The number of hydrogen-bond donors (Lipinski definition) is 1. The molecule has 6 rings (SSSR count). The molecule has 4 heterocycles. The molecule has 0 radical (unpaired) electrons. The number of piperidine rings is 1. The summed E-state index contributed by atoms with van der Waals surface area (Å²) >= 11 is 1.39. The molecule has 0 saturated carbocycles. The number of fused-ring (bicyclic) bond motifs is 1. The van der Waals surface area contributed by atoms with Crippen LogP contribution in [0.25, 0.3) is 0 Å². The number of aryl methyl sites for hydroxylation is 1. The number of carbonyl (C=O) groups excluding carboxylic acids is 2. The van der Waals surface area contributed by atoms with E-state index >= 15 is 4.39 Å². The fourth-order valence-corrected chi connectivity index (χ4v) is 6.82. The lowest BCUT2D eigenvalue weighted by atomic mass is 9.84. The minimum absolute atomic E-state index is 0.0424. The van der Waals surface area contributed by atoms with E-state index in [1.165, 1.54) is 17.4 Å². The van der Waals surface area contributed by atoms with Gasteiger partial charge in [-0.15, -0.1) is 11.3 Å². The van der Waals surface area contributed by atoms with Crippen molar-refractivity contribution in [3.63, 3.8) is 0 Å². The standard InChI is InChI=1S/C32H33F2N5O3S/c1-4-42-30(40)26-25(36-28(29-35-12-14-43-29)37-27(26)23-9-6-10-24(33)20(23)3)18-38-13-11-32(34)21(16-38)17-39(31(32)41)22-8-5-7-19(2)15-22/h5-10,12,14-15,21,27H,4,11,13,16-18H2,1-3H3,(H,36,37)/t21?,27-,32?/m0/s1. The Morgan fingerprint density at radius 1 is 1.21 bits per heavy atom. The zero-order valence-corrected chi connectivity index (χ0v) is 25.1. The number of aliphatic imine (C=N–C) groups is 1. The molecule has 0 bridgehead atoms. The molecule has 2 fully saturated rings. The lowest BCUT2D eigenvalue weighted by Gasteiger charge is -2.38. The Labute approximate surface area is 253 Å². The van der Waals surface area contributed by atoms with Gasteiger partial charge in [-0.25, -0.2) is 18.6 Å². The lowest BCUT2D eigenvalue weighted by Crippen LogP contribution is -2.52. The zero-order chi connectivity index (χ0) is 30.3. The van der Waals surface area contributed by atoms with Crippen molar-refractivity contribution in [2.45, 2.75) is 38.9 Å². The Bertz CT molecular complexity index is 1620. The van der Waals surface area contributed by atoms with E-state index in [2.05, 4.69) is 15.2 Å². The molecule has 1 N–H and O–H groups in total. The summed E-state index contributed by atoms with van der Waals surface area (Å²) in [4.78, 5) is 39.7. The third-order valence-electron chi connectivity index (χ3n) is 8.48. The molecular formula is C32H33F2N5O3S. The SMILES string of the molecule is CCOC(=O)C1=C(CN2CCC3(F)C(=O)N(c4cccc(C)c4)CC3C2)NC(c2nccs2)=N[C@H]1c1cccc(F)c1C. The fraction of sp³-hybridized carbons (Fsp3) is 0.375. The molecule has 1 aromatic heterocycles. The van der Waals surface area contributed by atoms with Gasteiger partial charge in [0.1, 0.15) is 11.9 Å². The molecular weight excluding hydrogens is 572 g/mol. The molecule has 3 aliphatic rings. The highest BCUT2D eigenvalue weighted by atomic mass is 32.1. The second-order valence-electron chi connectivity index (χ2n) is 11.2. The Morgan fingerprint density at radius 3 is 2.77 bits per heavy atom. The number of carbonyl (C=O) groups is 2. The summed E-state index contributed by atoms with van der Waals surface area (Å²) < 4.78 is 36.5. The van der Waals surface area contributed by atoms with Crippen LogP contribution < -0.4 is 10.2 Å². The molecule has 2 unspecified atom stereocenters. The van der Waals surface area contributed by atoms with Crippen LogP contribution in [0.3, 0.4) is 0 Å². The van der Waals surface area contributed by atoms with Gasteiger partial charge >= 0.3 is 5.97 Å². The van der Waals surface area contributed by atoms with Crippen LogP contribution in [0.4, 0.5) is 14.5 Å². The van der Waals surface area contributed by atoms with Crippen molar-refractivity contribution < 1.29 is 23.1 Å². The molecule has 0 spiro atoms. The number of esters is 1. The van der Waals surface area contributed by atoms with Gasteiger partial charge in [0, 0.05) is 61.5 Å². The molecule has 0 aliphatic carbocycles. The minimum Gasteiger partial charge on any atom is -0.463 e. The maximum Gasteiger partial charge on any atom is 0.338 e. The van der Waals surface area contributed by atoms with Gasteiger partial charge < -0.3 is 15.0 Å². The molecule has 11 heteroatoms. The predicted octanol–water partition coefficient (Wildman–Crippen LogP) is 4.88. The van der Waals surface area contributed by atoms with E-state index < -0.39 is 35.3 Å². The first-order chi connectivity index (χ1) is 20.7. The fourth-order valence-electron chi connectivity index (χ4n) is 6.23. The maximum atomic E-state index is 16.3. The van der Waals surface area contributed by atoms with Crippen LogP contribution in [0.1, 0.15) is 41.1 Å². The third-order valence-corrected chi connectivity index (χ3v) is 9.26. The first-order valence-electron chi connectivity index (χ1n) is 14.4. The number of alkyl halides is 1. The van der Waals surface area contributed by atoms with E-state index in [0.29, 0.717) is 46.4 Å². The number of ether oxygens (including phenoxy) is 1. The maximum absolute atomic E-state index is 16.3. The number of halogens is 2. The van der Waals surface area contributed by atoms with Crippen molar-refractivity contribution in [1.29, 1.82) is 0 Å². The van der Waals surface area contributed by atoms with Gasteiger partial charge in [0.05, 0.1) is 12.2 Å². The number of amides is 1. The number of rotatable bonds is 7. The van der Waals surface area contributed by atoms with Crippen LogP contribution in [0.15, 0.2) is 70.3 Å². The summed E-state index contributed by atoms with van der Waals surface area (Å²) in [6.45, 7) is 6.64. The molecule has 43 heavy (non-hydrogen) atoms. The molecule has 224 valence electrons. The van der Waals surface area contributed by atoms with E-state index in [1.54, 1.807) is 37.1 Å². The molecule has 3 atom stereocenters. The predicted molar refractivity (Wildman–Crippen MR) is 161 cm³/mol. The van der Waals surface area contributed by atoms with Gasteiger partial charge in [0.25, 0.3) is 5.91 Å². The minimum atomic E-state index is -1.95. The number of thiazole rings is 1. The van der Waals surface area contributed by atoms with Crippen molar-refractivity contribution in [2.75, 3.05) is 37.7 Å². The van der Waals surface area contributed by atoms with Crippen molar-refractivity contribution in [2.24, 2.45) is 10.9 Å². The van der Waals surface area contributed by atoms with Gasteiger partial charge in [-0.1, -0.05) is 24.3 Å². The van der Waals surface area contributed by atoms with Gasteiger partial charge in [-0.3, -0.25) is 14.7 Å². The van der Waals surface area contributed by atoms with Crippen molar-refractivity contribution >= 4 is 34.7 Å². The van der Waals surface area contributed by atoms with Gasteiger partial charge in [0.2, 0.25) is 0 Å². The van der Waals surface area contributed by atoms with E-state index in [1.807, 2.05) is 36.6 Å². The number of nitrogens with zero attached hydrogens (tertiary/aromatic N) is 4. The highest BCUT2D eigenvalue weighted by Crippen LogP contribution is 2.42. The molecule has 2 aromatic carbocycles. The van der Waals surface area contributed by atoms with Gasteiger partial charge in [-0.05, 0) is 55.7 Å². The Balaban J connectivity index is 1.34. The molecule has 3 aliphatic heterocycles. The zero-order valence-electron chi connectivity index (χ0n) is 24.3. The molecule has 2 saturated heterocycles.